The lowest BCUT2D eigenvalue weighted by Gasteiger charge is -2.34. The molecule has 7 nitrogen and oxygen atoms in total. The summed E-state index contributed by atoms with van der Waals surface area (Å²) in [5.74, 6) is -0.00292. The van der Waals surface area contributed by atoms with E-state index < -0.39 is 0 Å². The Balaban J connectivity index is 1.39. The quantitative estimate of drug-likeness (QED) is 0.371. The third kappa shape index (κ3) is 4.36. The van der Waals surface area contributed by atoms with Crippen molar-refractivity contribution in [3.8, 4) is 0 Å². The van der Waals surface area contributed by atoms with Crippen LogP contribution in [0.1, 0.15) is 15.9 Å². The molecule has 2 aromatic carbocycles. The van der Waals surface area contributed by atoms with Gasteiger partial charge in [0.1, 0.15) is 5.15 Å². The van der Waals surface area contributed by atoms with Crippen LogP contribution in [0, 0.1) is 10.1 Å². The predicted octanol–water partition coefficient (Wildman–Crippen LogP) is 3.75. The highest BCUT2D eigenvalue weighted by Gasteiger charge is 2.22. The van der Waals surface area contributed by atoms with Crippen LogP contribution in [-0.4, -0.2) is 51.8 Å². The van der Waals surface area contributed by atoms with Crippen LogP contribution in [0.5, 0.6) is 0 Å². The molecule has 29 heavy (non-hydrogen) atoms. The number of rotatable bonds is 4. The highest BCUT2D eigenvalue weighted by Crippen LogP contribution is 2.20. The van der Waals surface area contributed by atoms with E-state index in [1.807, 2.05) is 29.2 Å². The molecule has 148 valence electrons. The molecular weight excluding hydrogens is 392 g/mol. The maximum atomic E-state index is 12.9. The third-order valence-corrected chi connectivity index (χ3v) is 5.30. The summed E-state index contributed by atoms with van der Waals surface area (Å²) in [4.78, 5) is 31.7. The van der Waals surface area contributed by atoms with Crippen LogP contribution in [0.3, 0.4) is 0 Å². The number of piperazine rings is 1. The van der Waals surface area contributed by atoms with Gasteiger partial charge in [-0.1, -0.05) is 23.7 Å². The lowest BCUT2D eigenvalue weighted by atomic mass is 10.1. The average Bonchev–Trinajstić information content (AvgIpc) is 2.73. The summed E-state index contributed by atoms with van der Waals surface area (Å²) < 4.78 is 0. The van der Waals surface area contributed by atoms with Gasteiger partial charge < -0.3 is 4.90 Å². The number of nitro groups is 1. The SMILES string of the molecule is O=C(c1ccc2nc(Cl)ccc2c1)N1CCN(Cc2cccc([N+](=O)[O-])c2)CC1. The summed E-state index contributed by atoms with van der Waals surface area (Å²) in [6, 6.07) is 15.7. The predicted molar refractivity (Wildman–Crippen MR) is 111 cm³/mol. The molecular formula is C21H19ClN4O3. The maximum absolute atomic E-state index is 12.9. The molecule has 2 heterocycles. The molecule has 3 aromatic rings. The summed E-state index contributed by atoms with van der Waals surface area (Å²) in [6.45, 7) is 3.31. The summed E-state index contributed by atoms with van der Waals surface area (Å²) in [6.07, 6.45) is 0. The number of amides is 1. The van der Waals surface area contributed by atoms with Crippen LogP contribution < -0.4 is 0 Å². The fraction of sp³-hybridized carbons (Fsp3) is 0.238. The Bertz CT molecular complexity index is 1080. The molecule has 0 saturated carbocycles. The zero-order valence-electron chi connectivity index (χ0n) is 15.6. The first-order valence-electron chi connectivity index (χ1n) is 9.31. The van der Waals surface area contributed by atoms with Crippen molar-refractivity contribution in [3.05, 3.63) is 81.0 Å². The lowest BCUT2D eigenvalue weighted by Crippen LogP contribution is -2.48. The molecule has 1 saturated heterocycles. The summed E-state index contributed by atoms with van der Waals surface area (Å²) in [7, 11) is 0. The average molecular weight is 411 g/mol. The van der Waals surface area contributed by atoms with E-state index in [0.29, 0.717) is 30.4 Å². The van der Waals surface area contributed by atoms with Gasteiger partial charge in [-0.3, -0.25) is 19.8 Å². The van der Waals surface area contributed by atoms with Gasteiger partial charge in [-0.15, -0.1) is 0 Å². The fourth-order valence-electron chi connectivity index (χ4n) is 3.55. The molecule has 1 aromatic heterocycles. The van der Waals surface area contributed by atoms with Gasteiger partial charge in [-0.2, -0.15) is 0 Å². The van der Waals surface area contributed by atoms with Gasteiger partial charge in [0.05, 0.1) is 10.4 Å². The number of nitro benzene ring substituents is 1. The Hall–Kier alpha value is -3.03. The van der Waals surface area contributed by atoms with E-state index in [0.717, 1.165) is 29.6 Å². The van der Waals surface area contributed by atoms with Crippen LogP contribution in [0.2, 0.25) is 5.15 Å². The number of benzene rings is 2. The highest BCUT2D eigenvalue weighted by atomic mass is 35.5. The van der Waals surface area contributed by atoms with E-state index in [1.54, 1.807) is 24.3 Å². The molecule has 8 heteroatoms. The van der Waals surface area contributed by atoms with Crippen LogP contribution >= 0.6 is 11.6 Å². The van der Waals surface area contributed by atoms with Gasteiger partial charge in [-0.25, -0.2) is 4.98 Å². The molecule has 0 bridgehead atoms. The first-order chi connectivity index (χ1) is 14.0. The van der Waals surface area contributed by atoms with Crippen molar-refractivity contribution in [2.24, 2.45) is 0 Å². The zero-order valence-corrected chi connectivity index (χ0v) is 16.4. The number of non-ortho nitro benzene ring substituents is 1. The Kier molecular flexibility index (Phi) is 5.42. The fourth-order valence-corrected chi connectivity index (χ4v) is 3.71. The smallest absolute Gasteiger partial charge is 0.269 e. The van der Waals surface area contributed by atoms with Crippen molar-refractivity contribution in [2.45, 2.75) is 6.54 Å². The maximum Gasteiger partial charge on any atom is 0.269 e. The van der Waals surface area contributed by atoms with Crippen molar-refractivity contribution in [1.82, 2.24) is 14.8 Å². The monoisotopic (exact) mass is 410 g/mol. The Morgan fingerprint density at radius 2 is 1.86 bits per heavy atom. The summed E-state index contributed by atoms with van der Waals surface area (Å²) in [5.41, 5.74) is 2.40. The normalized spacial score (nSPS) is 14.9. The number of nitrogens with zero attached hydrogens (tertiary/aromatic N) is 4. The van der Waals surface area contributed by atoms with E-state index in [2.05, 4.69) is 9.88 Å². The van der Waals surface area contributed by atoms with Crippen LogP contribution in [0.25, 0.3) is 10.9 Å². The number of hydrogen-bond donors (Lipinski definition) is 0. The topological polar surface area (TPSA) is 79.6 Å². The van der Waals surface area contributed by atoms with Crippen LogP contribution in [-0.2, 0) is 6.54 Å². The van der Waals surface area contributed by atoms with Crippen molar-refractivity contribution in [1.29, 1.82) is 0 Å². The second-order valence-corrected chi connectivity index (χ2v) is 7.42. The van der Waals surface area contributed by atoms with E-state index in [4.69, 9.17) is 11.6 Å². The lowest BCUT2D eigenvalue weighted by molar-refractivity contribution is -0.384. The molecule has 0 unspecified atom stereocenters. The first-order valence-corrected chi connectivity index (χ1v) is 9.69. The number of aromatic nitrogens is 1. The largest absolute Gasteiger partial charge is 0.336 e. The number of pyridine rings is 1. The van der Waals surface area contributed by atoms with Crippen LogP contribution in [0.4, 0.5) is 5.69 Å². The van der Waals surface area contributed by atoms with E-state index >= 15 is 0 Å². The number of hydrogen-bond acceptors (Lipinski definition) is 5. The number of halogens is 1. The summed E-state index contributed by atoms with van der Waals surface area (Å²) >= 11 is 5.91. The van der Waals surface area contributed by atoms with Crippen molar-refractivity contribution in [3.63, 3.8) is 0 Å². The molecule has 4 rings (SSSR count). The van der Waals surface area contributed by atoms with Gasteiger partial charge in [0.2, 0.25) is 0 Å². The molecule has 0 spiro atoms. The van der Waals surface area contributed by atoms with Crippen molar-refractivity contribution < 1.29 is 9.72 Å². The minimum Gasteiger partial charge on any atom is -0.336 e. The molecule has 1 aliphatic heterocycles. The molecule has 0 atom stereocenters. The molecule has 1 aliphatic rings. The second kappa shape index (κ2) is 8.14. The minimum atomic E-state index is -0.382. The Morgan fingerprint density at radius 1 is 1.07 bits per heavy atom. The second-order valence-electron chi connectivity index (χ2n) is 7.04. The van der Waals surface area contributed by atoms with E-state index in [1.165, 1.54) is 6.07 Å². The Labute approximate surface area is 172 Å². The standard InChI is InChI=1S/C21H19ClN4O3/c22-20-7-5-16-13-17(4-6-19(16)23-20)21(27)25-10-8-24(9-11-25)14-15-2-1-3-18(12-15)26(28)29/h1-7,12-13H,8-11,14H2. The van der Waals surface area contributed by atoms with Crippen LogP contribution in [0.15, 0.2) is 54.6 Å². The molecule has 1 fully saturated rings. The third-order valence-electron chi connectivity index (χ3n) is 5.09. The van der Waals surface area contributed by atoms with Crippen molar-refractivity contribution in [2.75, 3.05) is 26.2 Å². The number of carbonyl (C=O) groups is 1. The van der Waals surface area contributed by atoms with Gasteiger partial charge in [0.15, 0.2) is 0 Å². The minimum absolute atomic E-state index is 0.00292. The van der Waals surface area contributed by atoms with Gasteiger partial charge in [0, 0.05) is 55.8 Å². The molecule has 0 N–H and O–H groups in total. The van der Waals surface area contributed by atoms with Crippen molar-refractivity contribution >= 4 is 34.1 Å². The zero-order chi connectivity index (χ0) is 20.4. The first kappa shape index (κ1) is 19.3. The van der Waals surface area contributed by atoms with E-state index in [9.17, 15) is 14.9 Å². The number of carbonyl (C=O) groups excluding carboxylic acids is 1. The molecule has 1 amide bonds. The molecule has 0 aliphatic carbocycles. The van der Waals surface area contributed by atoms with E-state index in [-0.39, 0.29) is 16.5 Å². The molecule has 0 radical (unpaired) electrons. The Morgan fingerprint density at radius 3 is 2.62 bits per heavy atom. The van der Waals surface area contributed by atoms with Gasteiger partial charge in [0.25, 0.3) is 11.6 Å². The van der Waals surface area contributed by atoms with Gasteiger partial charge in [-0.05, 0) is 35.9 Å². The highest BCUT2D eigenvalue weighted by molar-refractivity contribution is 6.29. The summed E-state index contributed by atoms with van der Waals surface area (Å²) in [5, 5.41) is 12.2. The number of fused-ring (bicyclic) bond motifs is 1. The van der Waals surface area contributed by atoms with Gasteiger partial charge >= 0.3 is 0 Å².